The van der Waals surface area contributed by atoms with Gasteiger partial charge in [0.1, 0.15) is 0 Å². The van der Waals surface area contributed by atoms with Crippen molar-refractivity contribution in [2.45, 2.75) is 12.8 Å². The Balaban J connectivity index is 1.97. The number of carbonyl (C=O) groups excluding carboxylic acids is 1. The Morgan fingerprint density at radius 3 is 2.56 bits per heavy atom. The molecule has 1 aliphatic heterocycles. The van der Waals surface area contributed by atoms with Gasteiger partial charge in [0.15, 0.2) is 0 Å². The first-order valence-corrected chi connectivity index (χ1v) is 5.61. The number of carbonyl (C=O) groups is 1. The summed E-state index contributed by atoms with van der Waals surface area (Å²) in [7, 11) is 0. The normalized spacial score (nSPS) is 17.4. The summed E-state index contributed by atoms with van der Waals surface area (Å²) >= 11 is 0. The second-order valence-electron chi connectivity index (χ2n) is 4.15. The predicted molar refractivity (Wildman–Crippen MR) is 60.0 cm³/mol. The molecule has 1 aromatic rings. The molecule has 2 rings (SSSR count). The number of pyridine rings is 1. The van der Waals surface area contributed by atoms with Crippen LogP contribution in [0, 0.1) is 5.92 Å². The zero-order valence-corrected chi connectivity index (χ0v) is 9.17. The number of hydrogen-bond donors (Lipinski definition) is 1. The predicted octanol–water partition coefficient (Wildman–Crippen LogP) is 0.926. The van der Waals surface area contributed by atoms with E-state index in [2.05, 4.69) is 4.98 Å². The first kappa shape index (κ1) is 11.1. The molecule has 0 saturated carbocycles. The van der Waals surface area contributed by atoms with E-state index < -0.39 is 0 Å². The average molecular weight is 220 g/mol. The highest BCUT2D eigenvalue weighted by Crippen LogP contribution is 2.18. The molecule has 2 heterocycles. The van der Waals surface area contributed by atoms with Gasteiger partial charge in [0, 0.05) is 37.7 Å². The van der Waals surface area contributed by atoms with Gasteiger partial charge < -0.3 is 10.0 Å². The lowest BCUT2D eigenvalue weighted by molar-refractivity contribution is 0.0651. The number of hydrogen-bond acceptors (Lipinski definition) is 3. The van der Waals surface area contributed by atoms with Crippen molar-refractivity contribution in [3.63, 3.8) is 0 Å². The van der Waals surface area contributed by atoms with E-state index in [1.54, 1.807) is 24.5 Å². The maximum atomic E-state index is 12.0. The van der Waals surface area contributed by atoms with Crippen LogP contribution in [0.25, 0.3) is 0 Å². The van der Waals surface area contributed by atoms with Crippen LogP contribution in [0.2, 0.25) is 0 Å². The number of piperidine rings is 1. The summed E-state index contributed by atoms with van der Waals surface area (Å²) in [6, 6.07) is 3.47. The van der Waals surface area contributed by atoms with Gasteiger partial charge in [0.25, 0.3) is 5.91 Å². The van der Waals surface area contributed by atoms with Gasteiger partial charge in [-0.05, 0) is 30.9 Å². The smallest absolute Gasteiger partial charge is 0.253 e. The maximum absolute atomic E-state index is 12.0. The van der Waals surface area contributed by atoms with Crippen molar-refractivity contribution in [2.75, 3.05) is 19.7 Å². The van der Waals surface area contributed by atoms with E-state index in [4.69, 9.17) is 5.11 Å². The summed E-state index contributed by atoms with van der Waals surface area (Å²) in [5.41, 5.74) is 0.692. The molecule has 0 atom stereocenters. The van der Waals surface area contributed by atoms with Gasteiger partial charge in [0.05, 0.1) is 0 Å². The highest BCUT2D eigenvalue weighted by atomic mass is 16.3. The third-order valence-electron chi connectivity index (χ3n) is 3.09. The van der Waals surface area contributed by atoms with Gasteiger partial charge in [-0.3, -0.25) is 9.78 Å². The van der Waals surface area contributed by atoms with E-state index in [1.165, 1.54) is 0 Å². The van der Waals surface area contributed by atoms with Crippen LogP contribution in [0.15, 0.2) is 24.5 Å². The SMILES string of the molecule is O=C(c1ccncc1)N1CCC(CO)CC1. The second-order valence-corrected chi connectivity index (χ2v) is 4.15. The molecule has 86 valence electrons. The molecular formula is C12H16N2O2. The number of aliphatic hydroxyl groups is 1. The topological polar surface area (TPSA) is 53.4 Å². The molecule has 1 fully saturated rings. The lowest BCUT2D eigenvalue weighted by atomic mass is 9.97. The molecule has 4 heteroatoms. The molecule has 0 radical (unpaired) electrons. The summed E-state index contributed by atoms with van der Waals surface area (Å²) in [5, 5.41) is 9.02. The van der Waals surface area contributed by atoms with Crippen LogP contribution in [0.4, 0.5) is 0 Å². The molecule has 16 heavy (non-hydrogen) atoms. The Kier molecular flexibility index (Phi) is 3.51. The van der Waals surface area contributed by atoms with Crippen molar-refractivity contribution in [3.8, 4) is 0 Å². The first-order chi connectivity index (χ1) is 7.81. The van der Waals surface area contributed by atoms with Crippen molar-refractivity contribution >= 4 is 5.91 Å². The molecule has 1 aliphatic rings. The zero-order valence-electron chi connectivity index (χ0n) is 9.17. The second kappa shape index (κ2) is 5.07. The lowest BCUT2D eigenvalue weighted by Crippen LogP contribution is -2.39. The van der Waals surface area contributed by atoms with E-state index in [9.17, 15) is 4.79 Å². The van der Waals surface area contributed by atoms with Crippen molar-refractivity contribution in [3.05, 3.63) is 30.1 Å². The number of rotatable bonds is 2. The van der Waals surface area contributed by atoms with Crippen molar-refractivity contribution in [2.24, 2.45) is 5.92 Å². The molecule has 0 spiro atoms. The highest BCUT2D eigenvalue weighted by molar-refractivity contribution is 5.94. The number of amides is 1. The quantitative estimate of drug-likeness (QED) is 0.806. The Bertz CT molecular complexity index is 345. The maximum Gasteiger partial charge on any atom is 0.253 e. The monoisotopic (exact) mass is 220 g/mol. The number of nitrogens with zero attached hydrogens (tertiary/aromatic N) is 2. The largest absolute Gasteiger partial charge is 0.396 e. The summed E-state index contributed by atoms with van der Waals surface area (Å²) in [5.74, 6) is 0.431. The van der Waals surface area contributed by atoms with Gasteiger partial charge >= 0.3 is 0 Å². The van der Waals surface area contributed by atoms with E-state index in [0.717, 1.165) is 25.9 Å². The van der Waals surface area contributed by atoms with E-state index in [1.807, 2.05) is 4.90 Å². The number of aliphatic hydroxyl groups excluding tert-OH is 1. The van der Waals surface area contributed by atoms with E-state index >= 15 is 0 Å². The Labute approximate surface area is 94.9 Å². The molecular weight excluding hydrogens is 204 g/mol. The molecule has 0 aliphatic carbocycles. The highest BCUT2D eigenvalue weighted by Gasteiger charge is 2.22. The van der Waals surface area contributed by atoms with Gasteiger partial charge in [-0.2, -0.15) is 0 Å². The van der Waals surface area contributed by atoms with Crippen LogP contribution in [0.1, 0.15) is 23.2 Å². The van der Waals surface area contributed by atoms with E-state index in [-0.39, 0.29) is 12.5 Å². The molecule has 0 aromatic carbocycles. The van der Waals surface area contributed by atoms with Crippen LogP contribution >= 0.6 is 0 Å². The average Bonchev–Trinajstić information content (AvgIpc) is 2.39. The Hall–Kier alpha value is -1.42. The van der Waals surface area contributed by atoms with Gasteiger partial charge in [-0.15, -0.1) is 0 Å². The summed E-state index contributed by atoms with van der Waals surface area (Å²) < 4.78 is 0. The third kappa shape index (κ3) is 2.39. The van der Waals surface area contributed by atoms with Crippen molar-refractivity contribution in [1.29, 1.82) is 0 Å². The van der Waals surface area contributed by atoms with Crippen LogP contribution in [-0.4, -0.2) is 40.6 Å². The van der Waals surface area contributed by atoms with Crippen LogP contribution in [-0.2, 0) is 0 Å². The first-order valence-electron chi connectivity index (χ1n) is 5.61. The van der Waals surface area contributed by atoms with Crippen LogP contribution in [0.3, 0.4) is 0 Å². The molecule has 0 unspecified atom stereocenters. The van der Waals surface area contributed by atoms with Crippen molar-refractivity contribution < 1.29 is 9.90 Å². The fraction of sp³-hybridized carbons (Fsp3) is 0.500. The minimum absolute atomic E-state index is 0.0683. The number of aromatic nitrogens is 1. The van der Waals surface area contributed by atoms with Gasteiger partial charge in [-0.1, -0.05) is 0 Å². The third-order valence-corrected chi connectivity index (χ3v) is 3.09. The fourth-order valence-corrected chi connectivity index (χ4v) is 2.00. The Morgan fingerprint density at radius 1 is 1.38 bits per heavy atom. The van der Waals surface area contributed by atoms with E-state index in [0.29, 0.717) is 11.5 Å². The molecule has 0 bridgehead atoms. The molecule has 1 saturated heterocycles. The summed E-state index contributed by atoms with van der Waals surface area (Å²) in [6.07, 6.45) is 5.06. The Morgan fingerprint density at radius 2 is 2.00 bits per heavy atom. The zero-order chi connectivity index (χ0) is 11.4. The van der Waals surface area contributed by atoms with Crippen LogP contribution in [0.5, 0.6) is 0 Å². The van der Waals surface area contributed by atoms with Crippen molar-refractivity contribution in [1.82, 2.24) is 9.88 Å². The lowest BCUT2D eigenvalue weighted by Gasteiger charge is -2.31. The standard InChI is InChI=1S/C12H16N2O2/c15-9-10-3-7-14(8-4-10)12(16)11-1-5-13-6-2-11/h1-2,5-6,10,15H,3-4,7-9H2. The summed E-state index contributed by atoms with van der Waals surface area (Å²) in [6.45, 7) is 1.72. The minimum Gasteiger partial charge on any atom is -0.396 e. The minimum atomic E-state index is 0.0683. The molecule has 1 amide bonds. The van der Waals surface area contributed by atoms with Gasteiger partial charge in [0.2, 0.25) is 0 Å². The van der Waals surface area contributed by atoms with Crippen LogP contribution < -0.4 is 0 Å². The summed E-state index contributed by atoms with van der Waals surface area (Å²) in [4.78, 5) is 17.8. The molecule has 1 N–H and O–H groups in total. The number of likely N-dealkylation sites (tertiary alicyclic amines) is 1. The molecule has 1 aromatic heterocycles. The van der Waals surface area contributed by atoms with Gasteiger partial charge in [-0.25, -0.2) is 0 Å². The fourth-order valence-electron chi connectivity index (χ4n) is 2.00. The molecule has 4 nitrogen and oxygen atoms in total.